The minimum atomic E-state index is -5.08. The second kappa shape index (κ2) is 8.41. The summed E-state index contributed by atoms with van der Waals surface area (Å²) in [6, 6.07) is 7.79. The fourth-order valence-corrected chi connectivity index (χ4v) is 2.76. The predicted octanol–water partition coefficient (Wildman–Crippen LogP) is 1.65. The molecule has 1 aliphatic rings. The van der Waals surface area contributed by atoms with Crippen molar-refractivity contribution in [2.75, 3.05) is 42.7 Å². The Labute approximate surface area is 167 Å². The largest absolute Gasteiger partial charge is 0.490 e. The second-order valence-electron chi connectivity index (χ2n) is 6.24. The Morgan fingerprint density at radius 3 is 2.47 bits per heavy atom. The molecule has 6 N–H and O–H groups in total. The Morgan fingerprint density at radius 2 is 1.83 bits per heavy atom. The molecule has 4 rings (SSSR count). The molecule has 0 radical (unpaired) electrons. The minimum Gasteiger partial charge on any atom is -0.475 e. The average molecular weight is 425 g/mol. The summed E-state index contributed by atoms with van der Waals surface area (Å²) >= 11 is 0. The first kappa shape index (κ1) is 21.1. The highest BCUT2D eigenvalue weighted by Gasteiger charge is 2.38. The van der Waals surface area contributed by atoms with E-state index < -0.39 is 12.1 Å². The van der Waals surface area contributed by atoms with Gasteiger partial charge in [0.1, 0.15) is 5.82 Å². The number of carbonyl (C=O) groups is 1. The van der Waals surface area contributed by atoms with E-state index in [4.69, 9.17) is 26.1 Å². The van der Waals surface area contributed by atoms with Crippen molar-refractivity contribution >= 4 is 34.5 Å². The van der Waals surface area contributed by atoms with E-state index in [0.717, 1.165) is 41.1 Å². The molecule has 10 nitrogen and oxygen atoms in total. The van der Waals surface area contributed by atoms with Gasteiger partial charge in [0.05, 0.1) is 24.4 Å². The Balaban J connectivity index is 0.000000318. The van der Waals surface area contributed by atoms with Crippen LogP contribution in [0.5, 0.6) is 0 Å². The number of H-pyrrole nitrogens is 1. The maximum atomic E-state index is 10.6. The summed E-state index contributed by atoms with van der Waals surface area (Å²) in [6.07, 6.45) is -5.08. The van der Waals surface area contributed by atoms with E-state index in [1.807, 2.05) is 24.3 Å². The Bertz CT molecular complexity index is 1050. The van der Waals surface area contributed by atoms with Crippen molar-refractivity contribution in [2.45, 2.75) is 6.18 Å². The van der Waals surface area contributed by atoms with Crippen LogP contribution >= 0.6 is 0 Å². The van der Waals surface area contributed by atoms with Crippen molar-refractivity contribution in [3.05, 3.63) is 24.3 Å². The Kier molecular flexibility index (Phi) is 5.91. The maximum Gasteiger partial charge on any atom is 0.490 e. The molecule has 0 amide bonds. The number of aliphatic carboxylic acids is 1. The van der Waals surface area contributed by atoms with Gasteiger partial charge in [0.2, 0.25) is 5.95 Å². The number of ether oxygens (including phenoxy) is 1. The van der Waals surface area contributed by atoms with Crippen LogP contribution in [0.15, 0.2) is 24.3 Å². The number of aromatic nitrogens is 4. The average Bonchev–Trinajstić information content (AvgIpc) is 3.08. The lowest BCUT2D eigenvalue weighted by molar-refractivity contribution is -0.192. The lowest BCUT2D eigenvalue weighted by Gasteiger charge is -2.28. The number of benzene rings is 1. The lowest BCUT2D eigenvalue weighted by atomic mass is 10.1. The first-order valence-electron chi connectivity index (χ1n) is 8.66. The Hall–Kier alpha value is -3.61. The summed E-state index contributed by atoms with van der Waals surface area (Å²) in [5, 5.41) is 14.9. The molecule has 13 heteroatoms. The van der Waals surface area contributed by atoms with Crippen LogP contribution in [-0.2, 0) is 9.53 Å². The number of alkyl halides is 3. The minimum absolute atomic E-state index is 0.258. The Morgan fingerprint density at radius 1 is 1.17 bits per heavy atom. The van der Waals surface area contributed by atoms with E-state index in [2.05, 4.69) is 25.1 Å². The lowest BCUT2D eigenvalue weighted by Crippen LogP contribution is -2.36. The molecule has 1 aromatic carbocycles. The number of nitrogens with zero attached hydrogens (tertiary/aromatic N) is 4. The number of nitrogen functional groups attached to an aromatic ring is 2. The number of morpholine rings is 1. The van der Waals surface area contributed by atoms with Crippen molar-refractivity contribution < 1.29 is 27.8 Å². The number of aromatic amines is 1. The van der Waals surface area contributed by atoms with Crippen LogP contribution in [0.25, 0.3) is 22.2 Å². The van der Waals surface area contributed by atoms with E-state index in [-0.39, 0.29) is 5.95 Å². The molecule has 1 aliphatic heterocycles. The second-order valence-corrected chi connectivity index (χ2v) is 6.24. The number of hydrogen-bond acceptors (Lipinski definition) is 8. The number of hydrogen-bond donors (Lipinski definition) is 4. The van der Waals surface area contributed by atoms with Crippen LogP contribution in [0.3, 0.4) is 0 Å². The van der Waals surface area contributed by atoms with E-state index in [1.54, 1.807) is 0 Å². The zero-order valence-electron chi connectivity index (χ0n) is 15.5. The first-order valence-corrected chi connectivity index (χ1v) is 8.66. The van der Waals surface area contributed by atoms with Crippen molar-refractivity contribution in [3.63, 3.8) is 0 Å². The molecular weight excluding hydrogens is 407 g/mol. The summed E-state index contributed by atoms with van der Waals surface area (Å²) in [5.74, 6) is -1.19. The van der Waals surface area contributed by atoms with Crippen LogP contribution in [0.1, 0.15) is 0 Å². The number of rotatable bonds is 2. The third kappa shape index (κ3) is 4.86. The number of fused-ring (bicyclic) bond motifs is 1. The summed E-state index contributed by atoms with van der Waals surface area (Å²) < 4.78 is 37.1. The van der Waals surface area contributed by atoms with Gasteiger partial charge < -0.3 is 26.2 Å². The van der Waals surface area contributed by atoms with Crippen LogP contribution in [0, 0.1) is 0 Å². The van der Waals surface area contributed by atoms with Crippen LogP contribution in [0.4, 0.5) is 30.8 Å². The molecule has 30 heavy (non-hydrogen) atoms. The van der Waals surface area contributed by atoms with Gasteiger partial charge in [-0.25, -0.2) is 9.78 Å². The van der Waals surface area contributed by atoms with Crippen molar-refractivity contribution in [1.82, 2.24) is 20.2 Å². The van der Waals surface area contributed by atoms with Gasteiger partial charge in [-0.05, 0) is 12.1 Å². The number of nitrogens with one attached hydrogen (secondary N) is 1. The fourth-order valence-electron chi connectivity index (χ4n) is 2.76. The molecule has 0 aliphatic carbocycles. The SMILES string of the molecule is Nc1nc(-c2ccc3c(N)n[nH]c3c2)cc(N2CCOCC2)n1.O=C(O)C(F)(F)F. The van der Waals surface area contributed by atoms with Gasteiger partial charge in [0, 0.05) is 30.1 Å². The predicted molar refractivity (Wildman–Crippen MR) is 103 cm³/mol. The van der Waals surface area contributed by atoms with E-state index >= 15 is 0 Å². The van der Waals surface area contributed by atoms with Crippen molar-refractivity contribution in [3.8, 4) is 11.3 Å². The normalized spacial score (nSPS) is 14.3. The van der Waals surface area contributed by atoms with E-state index in [9.17, 15) is 13.2 Å². The molecule has 0 unspecified atom stereocenters. The van der Waals surface area contributed by atoms with Gasteiger partial charge in [0.15, 0.2) is 5.82 Å². The summed E-state index contributed by atoms with van der Waals surface area (Å²) in [6.45, 7) is 2.98. The van der Waals surface area contributed by atoms with Gasteiger partial charge in [-0.15, -0.1) is 0 Å². The molecule has 0 bridgehead atoms. The third-order valence-corrected chi connectivity index (χ3v) is 4.20. The standard InChI is InChI=1S/C15H17N7O.C2HF3O2/c16-14-10-2-1-9(7-12(10)20-21-14)11-8-13(19-15(17)18-11)22-3-5-23-6-4-22;3-2(4,5)1(6)7/h1-2,7-8H,3-6H2,(H3,16,20,21)(H2,17,18,19);(H,6,7). The van der Waals surface area contributed by atoms with E-state index in [1.165, 1.54) is 0 Å². The van der Waals surface area contributed by atoms with Crippen LogP contribution in [0.2, 0.25) is 0 Å². The summed E-state index contributed by atoms with van der Waals surface area (Å²) in [7, 11) is 0. The zero-order valence-corrected chi connectivity index (χ0v) is 15.5. The number of carboxylic acid groups (broad SMARTS) is 1. The summed E-state index contributed by atoms with van der Waals surface area (Å²) in [4.78, 5) is 19.7. The van der Waals surface area contributed by atoms with Crippen molar-refractivity contribution in [2.24, 2.45) is 0 Å². The van der Waals surface area contributed by atoms with Crippen LogP contribution in [-0.4, -0.2) is 63.7 Å². The topological polar surface area (TPSA) is 156 Å². The summed E-state index contributed by atoms with van der Waals surface area (Å²) in [5.41, 5.74) is 14.3. The smallest absolute Gasteiger partial charge is 0.475 e. The highest BCUT2D eigenvalue weighted by molar-refractivity contribution is 5.91. The van der Waals surface area contributed by atoms with Gasteiger partial charge >= 0.3 is 12.1 Å². The molecule has 0 spiro atoms. The number of halogens is 3. The highest BCUT2D eigenvalue weighted by atomic mass is 19.4. The quantitative estimate of drug-likeness (QED) is 0.479. The zero-order chi connectivity index (χ0) is 21.9. The molecule has 0 saturated carbocycles. The molecule has 160 valence electrons. The number of anilines is 3. The van der Waals surface area contributed by atoms with E-state index in [0.29, 0.717) is 19.0 Å². The number of carboxylic acids is 1. The monoisotopic (exact) mass is 425 g/mol. The molecule has 0 atom stereocenters. The molecule has 3 aromatic rings. The van der Waals surface area contributed by atoms with Gasteiger partial charge in [-0.2, -0.15) is 23.3 Å². The highest BCUT2D eigenvalue weighted by Crippen LogP contribution is 2.27. The van der Waals surface area contributed by atoms with Crippen molar-refractivity contribution in [1.29, 1.82) is 0 Å². The fraction of sp³-hybridized carbons (Fsp3) is 0.294. The van der Waals surface area contributed by atoms with Gasteiger partial charge in [0.25, 0.3) is 0 Å². The van der Waals surface area contributed by atoms with Crippen LogP contribution < -0.4 is 16.4 Å². The molecule has 2 aromatic heterocycles. The molecule has 1 fully saturated rings. The third-order valence-electron chi connectivity index (χ3n) is 4.20. The first-order chi connectivity index (χ1) is 14.1. The maximum absolute atomic E-state index is 10.6. The molecular formula is C17H18F3N7O3. The molecule has 3 heterocycles. The van der Waals surface area contributed by atoms with Gasteiger partial charge in [-0.3, -0.25) is 5.10 Å². The number of nitrogens with two attached hydrogens (primary N) is 2. The van der Waals surface area contributed by atoms with Gasteiger partial charge in [-0.1, -0.05) is 6.07 Å². The molecule has 1 saturated heterocycles.